The van der Waals surface area contributed by atoms with Crippen LogP contribution in [0.1, 0.15) is 16.8 Å². The number of rotatable bonds is 7. The van der Waals surface area contributed by atoms with Crippen LogP contribution in [0.15, 0.2) is 77.7 Å². The van der Waals surface area contributed by atoms with Crippen LogP contribution in [0.5, 0.6) is 0 Å². The predicted octanol–water partition coefficient (Wildman–Crippen LogP) is 3.43. The minimum atomic E-state index is -3.62. The zero-order valence-electron chi connectivity index (χ0n) is 14.5. The summed E-state index contributed by atoms with van der Waals surface area (Å²) in [5, 5.41) is 1.75. The molecule has 138 valence electrons. The van der Waals surface area contributed by atoms with E-state index < -0.39 is 22.4 Å². The van der Waals surface area contributed by atoms with Crippen LogP contribution in [-0.2, 0) is 19.4 Å². The van der Waals surface area contributed by atoms with Gasteiger partial charge in [-0.15, -0.1) is 0 Å². The SMILES string of the molecule is O=C(CCS(=O)(=O)c1ccc2ccccc2c1)OCC(=O)c1ccccc1. The third kappa shape index (κ3) is 4.80. The van der Waals surface area contributed by atoms with Crippen molar-refractivity contribution in [3.63, 3.8) is 0 Å². The first-order chi connectivity index (χ1) is 13.0. The number of fused-ring (bicyclic) bond motifs is 1. The lowest BCUT2D eigenvalue weighted by molar-refractivity contribution is -0.142. The van der Waals surface area contributed by atoms with Gasteiger partial charge in [-0.25, -0.2) is 8.42 Å². The van der Waals surface area contributed by atoms with Gasteiger partial charge >= 0.3 is 5.97 Å². The predicted molar refractivity (Wildman–Crippen MR) is 102 cm³/mol. The Morgan fingerprint density at radius 1 is 0.815 bits per heavy atom. The Balaban J connectivity index is 1.57. The first-order valence-electron chi connectivity index (χ1n) is 8.41. The molecule has 0 radical (unpaired) electrons. The van der Waals surface area contributed by atoms with Crippen LogP contribution in [0.3, 0.4) is 0 Å². The molecule has 0 aliphatic rings. The van der Waals surface area contributed by atoms with Crippen LogP contribution in [0.25, 0.3) is 10.8 Å². The number of benzene rings is 3. The number of carbonyl (C=O) groups excluding carboxylic acids is 2. The lowest BCUT2D eigenvalue weighted by Crippen LogP contribution is -2.17. The summed E-state index contributed by atoms with van der Waals surface area (Å²) in [6.45, 7) is -0.404. The quantitative estimate of drug-likeness (QED) is 0.462. The zero-order chi connectivity index (χ0) is 19.3. The molecule has 0 bridgehead atoms. The Bertz CT molecular complexity index is 1070. The van der Waals surface area contributed by atoms with Crippen molar-refractivity contribution in [1.29, 1.82) is 0 Å². The summed E-state index contributed by atoms with van der Waals surface area (Å²) >= 11 is 0. The summed E-state index contributed by atoms with van der Waals surface area (Å²) in [4.78, 5) is 23.9. The van der Waals surface area contributed by atoms with Crippen molar-refractivity contribution in [1.82, 2.24) is 0 Å². The molecule has 5 nitrogen and oxygen atoms in total. The van der Waals surface area contributed by atoms with E-state index in [1.54, 1.807) is 42.5 Å². The van der Waals surface area contributed by atoms with Gasteiger partial charge < -0.3 is 4.74 Å². The van der Waals surface area contributed by atoms with Gasteiger partial charge in [0.05, 0.1) is 17.1 Å². The van der Waals surface area contributed by atoms with E-state index in [1.165, 1.54) is 6.07 Å². The summed E-state index contributed by atoms with van der Waals surface area (Å²) in [5.41, 5.74) is 0.439. The molecule has 0 aromatic heterocycles. The second-order valence-corrected chi connectivity index (χ2v) is 8.14. The molecule has 0 saturated heterocycles. The van der Waals surface area contributed by atoms with Gasteiger partial charge in [-0.3, -0.25) is 9.59 Å². The summed E-state index contributed by atoms with van der Waals surface area (Å²) in [6.07, 6.45) is -0.308. The van der Waals surface area contributed by atoms with E-state index in [9.17, 15) is 18.0 Å². The largest absolute Gasteiger partial charge is 0.457 e. The number of carbonyl (C=O) groups is 2. The Labute approximate surface area is 157 Å². The van der Waals surface area contributed by atoms with Crippen LogP contribution in [-0.4, -0.2) is 32.5 Å². The van der Waals surface area contributed by atoms with Crippen LogP contribution in [0.2, 0.25) is 0 Å². The molecule has 0 N–H and O–H groups in total. The molecule has 0 fully saturated rings. The molecule has 0 saturated carbocycles. The smallest absolute Gasteiger partial charge is 0.307 e. The highest BCUT2D eigenvalue weighted by Crippen LogP contribution is 2.20. The monoisotopic (exact) mass is 382 g/mol. The fourth-order valence-corrected chi connectivity index (χ4v) is 3.87. The fraction of sp³-hybridized carbons (Fsp3) is 0.143. The van der Waals surface area contributed by atoms with Crippen molar-refractivity contribution in [3.8, 4) is 0 Å². The Hall–Kier alpha value is -2.99. The molecule has 3 rings (SSSR count). The normalized spacial score (nSPS) is 11.3. The Morgan fingerprint density at radius 3 is 2.22 bits per heavy atom. The number of hydrogen-bond donors (Lipinski definition) is 0. The first-order valence-corrected chi connectivity index (χ1v) is 10.1. The minimum absolute atomic E-state index is 0.161. The highest BCUT2D eigenvalue weighted by atomic mass is 32.2. The second-order valence-electron chi connectivity index (χ2n) is 6.03. The number of esters is 1. The van der Waals surface area contributed by atoms with E-state index in [4.69, 9.17) is 4.74 Å². The van der Waals surface area contributed by atoms with Crippen molar-refractivity contribution < 1.29 is 22.7 Å². The summed E-state index contributed by atoms with van der Waals surface area (Å²) in [7, 11) is -3.62. The second kappa shape index (κ2) is 8.14. The summed E-state index contributed by atoms with van der Waals surface area (Å²) in [6, 6.07) is 20.8. The van der Waals surface area contributed by atoms with Crippen LogP contribution >= 0.6 is 0 Å². The number of sulfone groups is 1. The Morgan fingerprint density at radius 2 is 1.48 bits per heavy atom. The van der Waals surface area contributed by atoms with E-state index in [2.05, 4.69) is 0 Å². The first kappa shape index (κ1) is 18.8. The number of ketones is 1. The van der Waals surface area contributed by atoms with Gasteiger partial charge in [-0.1, -0.05) is 60.7 Å². The van der Waals surface area contributed by atoms with E-state index in [-0.39, 0.29) is 22.9 Å². The topological polar surface area (TPSA) is 77.5 Å². The van der Waals surface area contributed by atoms with E-state index in [1.807, 2.05) is 24.3 Å². The van der Waals surface area contributed by atoms with E-state index in [0.717, 1.165) is 10.8 Å². The molecular weight excluding hydrogens is 364 g/mol. The number of hydrogen-bond acceptors (Lipinski definition) is 5. The molecule has 0 amide bonds. The molecule has 27 heavy (non-hydrogen) atoms. The van der Waals surface area contributed by atoms with Crippen LogP contribution in [0, 0.1) is 0 Å². The average Bonchev–Trinajstić information content (AvgIpc) is 2.70. The third-order valence-electron chi connectivity index (χ3n) is 4.11. The lowest BCUT2D eigenvalue weighted by atomic mass is 10.1. The summed E-state index contributed by atoms with van der Waals surface area (Å²) in [5.74, 6) is -1.42. The minimum Gasteiger partial charge on any atom is -0.457 e. The van der Waals surface area contributed by atoms with Crippen LogP contribution < -0.4 is 0 Å². The average molecular weight is 382 g/mol. The number of ether oxygens (including phenoxy) is 1. The molecule has 0 aliphatic carbocycles. The maximum atomic E-state index is 12.5. The molecule has 0 unspecified atom stereocenters. The number of Topliss-reactive ketones (excluding diaryl/α,β-unsaturated/α-hetero) is 1. The molecule has 3 aromatic carbocycles. The molecule has 0 aliphatic heterocycles. The Kier molecular flexibility index (Phi) is 5.66. The van der Waals surface area contributed by atoms with Crippen molar-refractivity contribution in [2.75, 3.05) is 12.4 Å². The molecule has 3 aromatic rings. The highest BCUT2D eigenvalue weighted by molar-refractivity contribution is 7.91. The lowest BCUT2D eigenvalue weighted by Gasteiger charge is -2.07. The van der Waals surface area contributed by atoms with E-state index >= 15 is 0 Å². The van der Waals surface area contributed by atoms with Gasteiger partial charge in [0.2, 0.25) is 0 Å². The van der Waals surface area contributed by atoms with Gasteiger partial charge in [0.15, 0.2) is 22.2 Å². The maximum absolute atomic E-state index is 12.5. The van der Waals surface area contributed by atoms with Crippen LogP contribution in [0.4, 0.5) is 0 Å². The molecular formula is C21H18O5S. The molecule has 6 heteroatoms. The van der Waals surface area contributed by atoms with Crippen molar-refractivity contribution in [2.45, 2.75) is 11.3 Å². The third-order valence-corrected chi connectivity index (χ3v) is 5.83. The maximum Gasteiger partial charge on any atom is 0.307 e. The molecule has 0 atom stereocenters. The van der Waals surface area contributed by atoms with E-state index in [0.29, 0.717) is 5.56 Å². The van der Waals surface area contributed by atoms with Gasteiger partial charge in [-0.05, 0) is 22.9 Å². The highest BCUT2D eigenvalue weighted by Gasteiger charge is 2.18. The van der Waals surface area contributed by atoms with Gasteiger partial charge in [0.1, 0.15) is 0 Å². The van der Waals surface area contributed by atoms with Crippen molar-refractivity contribution in [3.05, 3.63) is 78.4 Å². The fourth-order valence-electron chi connectivity index (χ4n) is 2.62. The van der Waals surface area contributed by atoms with Gasteiger partial charge in [0, 0.05) is 5.56 Å². The molecule has 0 spiro atoms. The zero-order valence-corrected chi connectivity index (χ0v) is 15.3. The van der Waals surface area contributed by atoms with Crippen molar-refractivity contribution >= 4 is 32.4 Å². The van der Waals surface area contributed by atoms with Gasteiger partial charge in [0.25, 0.3) is 0 Å². The van der Waals surface area contributed by atoms with Crippen molar-refractivity contribution in [2.24, 2.45) is 0 Å². The van der Waals surface area contributed by atoms with Gasteiger partial charge in [-0.2, -0.15) is 0 Å². The summed E-state index contributed by atoms with van der Waals surface area (Å²) < 4.78 is 29.8. The molecule has 0 heterocycles. The standard InChI is InChI=1S/C21H18O5S/c22-20(17-7-2-1-3-8-17)15-26-21(23)12-13-27(24,25)19-11-10-16-6-4-5-9-18(16)14-19/h1-11,14H,12-13,15H2.